The molecule has 0 radical (unpaired) electrons. The summed E-state index contributed by atoms with van der Waals surface area (Å²) in [7, 11) is 0. The Morgan fingerprint density at radius 3 is 2.56 bits per heavy atom. The van der Waals surface area contributed by atoms with Crippen molar-refractivity contribution in [1.82, 2.24) is 9.97 Å². The van der Waals surface area contributed by atoms with Gasteiger partial charge in [0.15, 0.2) is 0 Å². The molecule has 1 rings (SSSR count). The van der Waals surface area contributed by atoms with Crippen LogP contribution in [0, 0.1) is 6.92 Å². The predicted molar refractivity (Wildman–Crippen MR) is 33.6 cm³/mol. The molecule has 0 aliphatic carbocycles. The fraction of sp³-hybridized carbons (Fsp3) is 0.200. The number of aromatic amines is 1. The van der Waals surface area contributed by atoms with E-state index in [1.54, 1.807) is 12.4 Å². The highest BCUT2D eigenvalue weighted by molar-refractivity contribution is 5.42. The number of H-pyrrole nitrogens is 1. The van der Waals surface area contributed by atoms with Crippen LogP contribution in [0.15, 0.2) is 12.4 Å². The van der Waals surface area contributed by atoms with Gasteiger partial charge in [0.2, 0.25) is 6.41 Å². The van der Waals surface area contributed by atoms with Crippen molar-refractivity contribution in [2.24, 2.45) is 5.73 Å². The minimum Gasteiger partial charge on any atom is -0.372 e. The molecule has 0 atom stereocenters. The number of imidazole rings is 1. The first-order valence-corrected chi connectivity index (χ1v) is 2.42. The third-order valence-corrected chi connectivity index (χ3v) is 0.635. The van der Waals surface area contributed by atoms with E-state index in [0.29, 0.717) is 0 Å². The molecular formula is C5H9N3O. The minimum atomic E-state index is 0.250. The lowest BCUT2D eigenvalue weighted by Gasteiger charge is -1.68. The van der Waals surface area contributed by atoms with E-state index in [-0.39, 0.29) is 6.41 Å². The number of carbonyl (C=O) groups is 1. The summed E-state index contributed by atoms with van der Waals surface area (Å²) in [5.74, 6) is 0.968. The molecule has 1 aromatic heterocycles. The summed E-state index contributed by atoms with van der Waals surface area (Å²) in [6.45, 7) is 1.92. The Labute approximate surface area is 53.1 Å². The summed E-state index contributed by atoms with van der Waals surface area (Å²) >= 11 is 0. The van der Waals surface area contributed by atoms with Crippen LogP contribution in [0.5, 0.6) is 0 Å². The number of aromatic nitrogens is 2. The van der Waals surface area contributed by atoms with E-state index in [0.717, 1.165) is 5.82 Å². The third-order valence-electron chi connectivity index (χ3n) is 0.635. The zero-order valence-corrected chi connectivity index (χ0v) is 5.16. The Morgan fingerprint density at radius 2 is 2.44 bits per heavy atom. The Balaban J connectivity index is 0.000000187. The van der Waals surface area contributed by atoms with Crippen molar-refractivity contribution in [3.8, 4) is 0 Å². The second-order valence-electron chi connectivity index (χ2n) is 1.31. The number of hydrogen-bond acceptors (Lipinski definition) is 2. The highest BCUT2D eigenvalue weighted by Crippen LogP contribution is 1.78. The van der Waals surface area contributed by atoms with Crippen LogP contribution in [0.1, 0.15) is 5.82 Å². The van der Waals surface area contributed by atoms with Crippen LogP contribution >= 0.6 is 0 Å². The van der Waals surface area contributed by atoms with Gasteiger partial charge in [0.25, 0.3) is 0 Å². The minimum absolute atomic E-state index is 0.250. The van der Waals surface area contributed by atoms with Gasteiger partial charge in [-0.1, -0.05) is 0 Å². The van der Waals surface area contributed by atoms with Crippen molar-refractivity contribution >= 4 is 6.41 Å². The van der Waals surface area contributed by atoms with E-state index in [1.807, 2.05) is 6.92 Å². The van der Waals surface area contributed by atoms with Crippen LogP contribution in [-0.2, 0) is 4.79 Å². The smallest absolute Gasteiger partial charge is 0.204 e. The normalized spacial score (nSPS) is 7.22. The lowest BCUT2D eigenvalue weighted by atomic mass is 10.8. The standard InChI is InChI=1S/C4H6N2.CH3NO/c1-4-5-2-3-6-4;2-1-3/h2-3H,1H3,(H,5,6);1H,(H2,2,3). The molecule has 0 aliphatic rings. The molecule has 0 bridgehead atoms. The van der Waals surface area contributed by atoms with E-state index < -0.39 is 0 Å². The van der Waals surface area contributed by atoms with Gasteiger partial charge in [-0.05, 0) is 6.92 Å². The molecule has 4 nitrogen and oxygen atoms in total. The SMILES string of the molecule is Cc1ncc[nH]1.NC=O. The van der Waals surface area contributed by atoms with Crippen LogP contribution in [-0.4, -0.2) is 16.4 Å². The number of rotatable bonds is 0. The first-order chi connectivity index (χ1) is 4.31. The molecule has 0 spiro atoms. The number of nitrogens with two attached hydrogens (primary N) is 1. The van der Waals surface area contributed by atoms with Crippen molar-refractivity contribution in [3.63, 3.8) is 0 Å². The Kier molecular flexibility index (Phi) is 4.12. The summed E-state index contributed by atoms with van der Waals surface area (Å²) < 4.78 is 0. The molecule has 0 aliphatic heterocycles. The largest absolute Gasteiger partial charge is 0.372 e. The quantitative estimate of drug-likeness (QED) is 0.474. The Hall–Kier alpha value is -1.32. The number of nitrogens with one attached hydrogen (secondary N) is 1. The van der Waals surface area contributed by atoms with E-state index in [4.69, 9.17) is 4.79 Å². The highest BCUT2D eigenvalue weighted by Gasteiger charge is 1.73. The fourth-order valence-electron chi connectivity index (χ4n) is 0.344. The zero-order chi connectivity index (χ0) is 7.11. The summed E-state index contributed by atoms with van der Waals surface area (Å²) in [5, 5.41) is 0. The molecule has 1 amide bonds. The van der Waals surface area contributed by atoms with Crippen molar-refractivity contribution in [3.05, 3.63) is 18.2 Å². The van der Waals surface area contributed by atoms with Gasteiger partial charge in [-0.15, -0.1) is 0 Å². The Morgan fingerprint density at radius 1 is 1.89 bits per heavy atom. The molecule has 0 saturated heterocycles. The van der Waals surface area contributed by atoms with Crippen molar-refractivity contribution in [2.75, 3.05) is 0 Å². The highest BCUT2D eigenvalue weighted by atomic mass is 16.1. The molecule has 4 heteroatoms. The molecule has 0 fully saturated rings. The van der Waals surface area contributed by atoms with Crippen LogP contribution in [0.2, 0.25) is 0 Å². The van der Waals surface area contributed by atoms with Gasteiger partial charge in [0, 0.05) is 12.4 Å². The second kappa shape index (κ2) is 4.83. The van der Waals surface area contributed by atoms with Crippen molar-refractivity contribution in [1.29, 1.82) is 0 Å². The molecule has 0 unspecified atom stereocenters. The number of nitrogens with zero attached hydrogens (tertiary/aromatic N) is 1. The van der Waals surface area contributed by atoms with Gasteiger partial charge >= 0.3 is 0 Å². The molecule has 3 N–H and O–H groups in total. The maximum atomic E-state index is 8.58. The van der Waals surface area contributed by atoms with E-state index in [2.05, 4.69) is 15.7 Å². The van der Waals surface area contributed by atoms with E-state index >= 15 is 0 Å². The Bertz CT molecular complexity index is 147. The topological polar surface area (TPSA) is 71.8 Å². The summed E-state index contributed by atoms with van der Waals surface area (Å²) in [5.41, 5.74) is 4.17. The monoisotopic (exact) mass is 127 g/mol. The van der Waals surface area contributed by atoms with Crippen LogP contribution in [0.25, 0.3) is 0 Å². The fourth-order valence-corrected chi connectivity index (χ4v) is 0.344. The molecule has 0 aromatic carbocycles. The van der Waals surface area contributed by atoms with E-state index in [9.17, 15) is 0 Å². The van der Waals surface area contributed by atoms with Gasteiger partial charge in [0.05, 0.1) is 0 Å². The number of hydrogen-bond donors (Lipinski definition) is 2. The average Bonchev–Trinajstić information content (AvgIpc) is 2.20. The first kappa shape index (κ1) is 7.68. The molecule has 1 heterocycles. The molecule has 50 valence electrons. The summed E-state index contributed by atoms with van der Waals surface area (Å²) in [4.78, 5) is 15.3. The number of primary amides is 1. The molecule has 0 saturated carbocycles. The van der Waals surface area contributed by atoms with Gasteiger partial charge in [-0.3, -0.25) is 4.79 Å². The van der Waals surface area contributed by atoms with Gasteiger partial charge in [-0.2, -0.15) is 0 Å². The molecular weight excluding hydrogens is 118 g/mol. The summed E-state index contributed by atoms with van der Waals surface area (Å²) in [6.07, 6.45) is 3.78. The van der Waals surface area contributed by atoms with Crippen LogP contribution in [0.4, 0.5) is 0 Å². The van der Waals surface area contributed by atoms with Gasteiger partial charge in [0.1, 0.15) is 5.82 Å². The van der Waals surface area contributed by atoms with Crippen molar-refractivity contribution in [2.45, 2.75) is 6.92 Å². The number of carbonyl (C=O) groups excluding carboxylic acids is 1. The summed E-state index contributed by atoms with van der Waals surface area (Å²) in [6, 6.07) is 0. The first-order valence-electron chi connectivity index (χ1n) is 2.42. The average molecular weight is 127 g/mol. The second-order valence-corrected chi connectivity index (χ2v) is 1.31. The zero-order valence-electron chi connectivity index (χ0n) is 5.16. The van der Waals surface area contributed by atoms with Gasteiger partial charge < -0.3 is 10.7 Å². The lowest BCUT2D eigenvalue weighted by Crippen LogP contribution is -1.82. The van der Waals surface area contributed by atoms with Crippen LogP contribution in [0.3, 0.4) is 0 Å². The molecule has 1 aromatic rings. The maximum absolute atomic E-state index is 8.58. The number of aryl methyl sites for hydroxylation is 1. The number of amides is 1. The predicted octanol–water partition coefficient (Wildman–Crippen LogP) is -0.180. The van der Waals surface area contributed by atoms with Crippen LogP contribution < -0.4 is 5.73 Å². The molecule has 9 heavy (non-hydrogen) atoms. The van der Waals surface area contributed by atoms with Crippen molar-refractivity contribution < 1.29 is 4.79 Å². The lowest BCUT2D eigenvalue weighted by molar-refractivity contribution is -0.106. The van der Waals surface area contributed by atoms with Gasteiger partial charge in [-0.25, -0.2) is 4.98 Å². The maximum Gasteiger partial charge on any atom is 0.204 e. The third kappa shape index (κ3) is 4.53. The van der Waals surface area contributed by atoms with E-state index in [1.165, 1.54) is 0 Å².